The van der Waals surface area contributed by atoms with Crippen LogP contribution in [0, 0.1) is 17.8 Å². The highest BCUT2D eigenvalue weighted by atomic mass is 17.3. The summed E-state index contributed by atoms with van der Waals surface area (Å²) in [5.74, 6) is 1.07. The van der Waals surface area contributed by atoms with Crippen molar-refractivity contribution in [1.82, 2.24) is 0 Å². The van der Waals surface area contributed by atoms with Gasteiger partial charge in [-0.05, 0) is 39.0 Å². The fourth-order valence-electron chi connectivity index (χ4n) is 4.80. The second kappa shape index (κ2) is 4.37. The summed E-state index contributed by atoms with van der Waals surface area (Å²) in [6.45, 7) is 6.31. The van der Waals surface area contributed by atoms with Gasteiger partial charge in [0.25, 0.3) is 5.95 Å². The van der Waals surface area contributed by atoms with E-state index in [4.69, 9.17) is 24.0 Å². The van der Waals surface area contributed by atoms with Crippen LogP contribution in [0.4, 0.5) is 0 Å². The van der Waals surface area contributed by atoms with Gasteiger partial charge in [-0.1, -0.05) is 6.92 Å². The summed E-state index contributed by atoms with van der Waals surface area (Å²) in [6, 6.07) is 0. The molecule has 4 fully saturated rings. The summed E-state index contributed by atoms with van der Waals surface area (Å²) in [4.78, 5) is 11.7. The Labute approximate surface area is 125 Å². The molecule has 0 N–H and O–H groups in total. The van der Waals surface area contributed by atoms with Crippen molar-refractivity contribution >= 4 is 0 Å². The summed E-state index contributed by atoms with van der Waals surface area (Å²) in [7, 11) is 1.65. The van der Waals surface area contributed by atoms with Crippen molar-refractivity contribution in [3.63, 3.8) is 0 Å². The lowest BCUT2D eigenvalue weighted by molar-refractivity contribution is -0.558. The van der Waals surface area contributed by atoms with Crippen LogP contribution >= 0.6 is 0 Å². The van der Waals surface area contributed by atoms with Crippen LogP contribution in [0.25, 0.3) is 0 Å². The van der Waals surface area contributed by atoms with E-state index < -0.39 is 17.7 Å². The van der Waals surface area contributed by atoms with E-state index in [1.807, 2.05) is 6.92 Å². The molecule has 4 heterocycles. The number of fused-ring (bicyclic) bond motifs is 2. The summed E-state index contributed by atoms with van der Waals surface area (Å²) in [6.07, 6.45) is 3.68. The van der Waals surface area contributed by atoms with Gasteiger partial charge in [-0.3, -0.25) is 0 Å². The van der Waals surface area contributed by atoms with Gasteiger partial charge in [-0.2, -0.15) is 0 Å². The normalized spacial score (nSPS) is 52.0. The van der Waals surface area contributed by atoms with E-state index in [-0.39, 0.29) is 5.92 Å². The smallest absolute Gasteiger partial charge is 0.280 e. The molecular formula is C16H24O5. The van der Waals surface area contributed by atoms with Gasteiger partial charge in [0, 0.05) is 23.8 Å². The summed E-state index contributed by atoms with van der Waals surface area (Å²) < 4.78 is 17.6. The minimum absolute atomic E-state index is 0.232. The molecule has 6 atom stereocenters. The Kier molecular flexibility index (Phi) is 2.88. The van der Waals surface area contributed by atoms with Crippen molar-refractivity contribution in [2.45, 2.75) is 64.1 Å². The Morgan fingerprint density at radius 1 is 1.19 bits per heavy atom. The van der Waals surface area contributed by atoms with Crippen molar-refractivity contribution in [3.05, 3.63) is 11.5 Å². The van der Waals surface area contributed by atoms with E-state index in [2.05, 4.69) is 13.8 Å². The summed E-state index contributed by atoms with van der Waals surface area (Å²) >= 11 is 0. The van der Waals surface area contributed by atoms with Gasteiger partial charge in [0.15, 0.2) is 5.60 Å². The monoisotopic (exact) mass is 296 g/mol. The van der Waals surface area contributed by atoms with E-state index in [1.54, 1.807) is 7.11 Å². The quantitative estimate of drug-likeness (QED) is 0.696. The molecule has 0 aromatic heterocycles. The van der Waals surface area contributed by atoms with Gasteiger partial charge in [-0.15, -0.1) is 0 Å². The van der Waals surface area contributed by atoms with E-state index in [1.165, 1.54) is 6.42 Å². The molecule has 3 saturated heterocycles. The van der Waals surface area contributed by atoms with Crippen molar-refractivity contribution < 1.29 is 24.0 Å². The molecule has 1 saturated carbocycles. The second-order valence-corrected chi connectivity index (χ2v) is 7.15. The van der Waals surface area contributed by atoms with Gasteiger partial charge in [0.05, 0.1) is 7.11 Å². The molecule has 5 aliphatic rings. The highest BCUT2D eigenvalue weighted by molar-refractivity contribution is 5.21. The molecule has 0 aromatic carbocycles. The Morgan fingerprint density at radius 2 is 2.00 bits per heavy atom. The highest BCUT2D eigenvalue weighted by Gasteiger charge is 2.68. The zero-order chi connectivity index (χ0) is 14.8. The maximum Gasteiger partial charge on any atom is 0.280 e. The van der Waals surface area contributed by atoms with Gasteiger partial charge < -0.3 is 14.2 Å². The van der Waals surface area contributed by atoms with E-state index in [0.29, 0.717) is 17.8 Å². The van der Waals surface area contributed by atoms with Crippen LogP contribution in [-0.2, 0) is 24.0 Å². The lowest BCUT2D eigenvalue weighted by Gasteiger charge is -2.56. The maximum absolute atomic E-state index is 6.17. The van der Waals surface area contributed by atoms with Gasteiger partial charge >= 0.3 is 0 Å². The molecule has 2 bridgehead atoms. The minimum atomic E-state index is -0.721. The first kappa shape index (κ1) is 13.9. The molecular weight excluding hydrogens is 272 g/mol. The van der Waals surface area contributed by atoms with Crippen LogP contribution in [0.3, 0.4) is 0 Å². The van der Waals surface area contributed by atoms with Crippen LogP contribution in [0.5, 0.6) is 0 Å². The van der Waals surface area contributed by atoms with Crippen LogP contribution < -0.4 is 0 Å². The third-order valence-corrected chi connectivity index (χ3v) is 5.96. The molecule has 5 rings (SSSR count). The number of hydrogen-bond acceptors (Lipinski definition) is 5. The third-order valence-electron chi connectivity index (χ3n) is 5.96. The number of ether oxygens (including phenoxy) is 3. The van der Waals surface area contributed by atoms with Crippen molar-refractivity contribution in [2.75, 3.05) is 7.11 Å². The topological polar surface area (TPSA) is 46.2 Å². The Bertz CT molecular complexity index is 489. The molecule has 0 amide bonds. The standard InChI is InChI=1S/C16H24O5/c1-9-5-6-12-10(2)13(17-4)18-14-16(12)11(9)7-8-15(3,19-14)20-21-16/h9,11-12,14H,5-8H2,1-4H3/t9-,11?,12+,14-,15?,16-/m1/s1. The number of hydrogen-bond donors (Lipinski definition) is 0. The van der Waals surface area contributed by atoms with E-state index in [0.717, 1.165) is 24.8 Å². The fourth-order valence-corrected chi connectivity index (χ4v) is 4.80. The Balaban J connectivity index is 1.86. The maximum atomic E-state index is 6.17. The summed E-state index contributed by atoms with van der Waals surface area (Å²) in [5, 5.41) is 0. The van der Waals surface area contributed by atoms with E-state index in [9.17, 15) is 0 Å². The molecule has 5 nitrogen and oxygen atoms in total. The largest absolute Gasteiger partial charge is 0.469 e. The first-order valence-corrected chi connectivity index (χ1v) is 7.96. The highest BCUT2D eigenvalue weighted by Crippen LogP contribution is 2.60. The molecule has 0 radical (unpaired) electrons. The first-order chi connectivity index (χ1) is 10.00. The molecule has 4 aliphatic heterocycles. The first-order valence-electron chi connectivity index (χ1n) is 7.96. The van der Waals surface area contributed by atoms with Crippen LogP contribution in [0.15, 0.2) is 11.5 Å². The fraction of sp³-hybridized carbons (Fsp3) is 0.875. The van der Waals surface area contributed by atoms with Crippen molar-refractivity contribution in [3.8, 4) is 0 Å². The molecule has 21 heavy (non-hydrogen) atoms. The zero-order valence-electron chi connectivity index (χ0n) is 13.2. The van der Waals surface area contributed by atoms with Gasteiger partial charge in [0.2, 0.25) is 12.1 Å². The SMILES string of the molecule is COC1=C(C)[C@@H]2CC[C@@H](C)C3CCC4(C)OO[C@]32[C@H](O1)O4. The molecule has 0 aromatic rings. The molecule has 2 unspecified atom stereocenters. The van der Waals surface area contributed by atoms with Crippen molar-refractivity contribution in [2.24, 2.45) is 17.8 Å². The zero-order valence-corrected chi connectivity index (χ0v) is 13.2. The molecule has 1 aliphatic carbocycles. The number of rotatable bonds is 1. The lowest BCUT2D eigenvalue weighted by atomic mass is 9.60. The second-order valence-electron chi connectivity index (χ2n) is 7.15. The van der Waals surface area contributed by atoms with Gasteiger partial charge in [0.1, 0.15) is 0 Å². The molecule has 1 spiro atoms. The number of methoxy groups -OCH3 is 1. The summed E-state index contributed by atoms with van der Waals surface area (Å²) in [5.41, 5.74) is 0.586. The van der Waals surface area contributed by atoms with Crippen LogP contribution in [0.2, 0.25) is 0 Å². The van der Waals surface area contributed by atoms with Gasteiger partial charge in [-0.25, -0.2) is 9.78 Å². The van der Waals surface area contributed by atoms with Crippen molar-refractivity contribution in [1.29, 1.82) is 0 Å². The minimum Gasteiger partial charge on any atom is -0.469 e. The Morgan fingerprint density at radius 3 is 2.76 bits per heavy atom. The predicted octanol–water partition coefficient (Wildman–Crippen LogP) is 3.11. The average molecular weight is 296 g/mol. The van der Waals surface area contributed by atoms with E-state index >= 15 is 0 Å². The Hall–Kier alpha value is -0.780. The molecule has 5 heteroatoms. The van der Waals surface area contributed by atoms with Crippen LogP contribution in [-0.4, -0.2) is 24.8 Å². The lowest BCUT2D eigenvalue weighted by Crippen LogP contribution is -2.66. The third kappa shape index (κ3) is 1.68. The average Bonchev–Trinajstić information content (AvgIpc) is 2.69. The molecule has 118 valence electrons. The predicted molar refractivity (Wildman–Crippen MR) is 73.6 cm³/mol. The van der Waals surface area contributed by atoms with Crippen LogP contribution in [0.1, 0.15) is 46.5 Å².